The largest absolute Gasteiger partial charge is 0.462 e. The first-order valence-electron chi connectivity index (χ1n) is 35.7. The van der Waals surface area contributed by atoms with Gasteiger partial charge in [-0.1, -0.05) is 330 Å². The first kappa shape index (κ1) is 79.3. The van der Waals surface area contributed by atoms with Crippen molar-refractivity contribution < 1.29 is 28.6 Å². The minimum atomic E-state index is -0.776. The van der Waals surface area contributed by atoms with Gasteiger partial charge in [0.05, 0.1) is 0 Å². The van der Waals surface area contributed by atoms with Crippen LogP contribution in [0.3, 0.4) is 0 Å². The van der Waals surface area contributed by atoms with Crippen molar-refractivity contribution in [2.75, 3.05) is 13.2 Å². The third kappa shape index (κ3) is 69.0. The van der Waals surface area contributed by atoms with Crippen LogP contribution in [-0.2, 0) is 28.6 Å². The van der Waals surface area contributed by atoms with Crippen molar-refractivity contribution >= 4 is 17.9 Å². The van der Waals surface area contributed by atoms with E-state index in [9.17, 15) is 14.4 Å². The molecule has 0 aromatic heterocycles. The van der Waals surface area contributed by atoms with Crippen LogP contribution < -0.4 is 0 Å². The van der Waals surface area contributed by atoms with Gasteiger partial charge in [0.25, 0.3) is 0 Å². The first-order valence-corrected chi connectivity index (χ1v) is 35.7. The highest BCUT2D eigenvalue weighted by molar-refractivity contribution is 5.71. The molecule has 0 heterocycles. The summed E-state index contributed by atoms with van der Waals surface area (Å²) < 4.78 is 16.8. The molecule has 0 amide bonds. The van der Waals surface area contributed by atoms with Gasteiger partial charge < -0.3 is 14.2 Å². The number of carbonyl (C=O) groups excluding carboxylic acids is 3. The Hall–Kier alpha value is -3.67. The molecular weight excluding hydrogens is 1020 g/mol. The summed E-state index contributed by atoms with van der Waals surface area (Å²) in [5.74, 6) is -0.880. The summed E-state index contributed by atoms with van der Waals surface area (Å²) in [5, 5.41) is 0. The minimum Gasteiger partial charge on any atom is -0.462 e. The van der Waals surface area contributed by atoms with Gasteiger partial charge in [-0.2, -0.15) is 0 Å². The summed E-state index contributed by atoms with van der Waals surface area (Å²) in [4.78, 5) is 38.0. The highest BCUT2D eigenvalue weighted by Gasteiger charge is 2.19. The zero-order valence-corrected chi connectivity index (χ0v) is 54.9. The molecule has 83 heavy (non-hydrogen) atoms. The number of hydrogen-bond acceptors (Lipinski definition) is 6. The highest BCUT2D eigenvalue weighted by atomic mass is 16.6. The highest BCUT2D eigenvalue weighted by Crippen LogP contribution is 2.18. The van der Waals surface area contributed by atoms with Crippen LogP contribution in [0, 0.1) is 0 Å². The molecule has 6 heteroatoms. The van der Waals surface area contributed by atoms with Crippen molar-refractivity contribution in [1.82, 2.24) is 0 Å². The lowest BCUT2D eigenvalue weighted by Crippen LogP contribution is -2.30. The SMILES string of the molecule is CC/C=C\C/C=C\C/C=C\C/C=C\C/C=C\C/C=C\CCCCCCCCCCCCC(=O)OC(COC(=O)CCCCCCC)COC(=O)CCCCCCCCCCCCCCCCCCCCC/C=C\C/C=C\CCCCCCC. The molecule has 0 spiro atoms. The lowest BCUT2D eigenvalue weighted by atomic mass is 10.0. The molecule has 1 unspecified atom stereocenters. The van der Waals surface area contributed by atoms with Crippen LogP contribution in [0.4, 0.5) is 0 Å². The Balaban J connectivity index is 3.97. The smallest absolute Gasteiger partial charge is 0.306 e. The molecule has 0 radical (unpaired) electrons. The minimum absolute atomic E-state index is 0.0757. The van der Waals surface area contributed by atoms with E-state index in [2.05, 4.69) is 118 Å². The summed E-state index contributed by atoms with van der Waals surface area (Å²) >= 11 is 0. The van der Waals surface area contributed by atoms with Crippen LogP contribution in [0.25, 0.3) is 0 Å². The summed E-state index contributed by atoms with van der Waals surface area (Å²) in [6.45, 7) is 6.47. The van der Waals surface area contributed by atoms with Crippen molar-refractivity contribution in [2.45, 2.75) is 361 Å². The molecule has 0 aliphatic rings. The Labute approximate surface area is 515 Å². The summed E-state index contributed by atoms with van der Waals surface area (Å²) in [6, 6.07) is 0. The van der Waals surface area contributed by atoms with E-state index in [-0.39, 0.29) is 31.1 Å². The number of allylic oxidation sites excluding steroid dienone is 16. The molecule has 0 fully saturated rings. The predicted octanol–water partition coefficient (Wildman–Crippen LogP) is 24.8. The van der Waals surface area contributed by atoms with Crippen molar-refractivity contribution in [2.24, 2.45) is 0 Å². The number of hydrogen-bond donors (Lipinski definition) is 0. The fourth-order valence-electron chi connectivity index (χ4n) is 10.2. The maximum Gasteiger partial charge on any atom is 0.306 e. The van der Waals surface area contributed by atoms with Crippen molar-refractivity contribution in [3.63, 3.8) is 0 Å². The van der Waals surface area contributed by atoms with Crippen LogP contribution in [0.15, 0.2) is 97.2 Å². The van der Waals surface area contributed by atoms with E-state index in [1.54, 1.807) is 0 Å². The second kappa shape index (κ2) is 70.8. The lowest BCUT2D eigenvalue weighted by Gasteiger charge is -2.18. The number of esters is 3. The van der Waals surface area contributed by atoms with Gasteiger partial charge in [-0.05, 0) is 103 Å². The van der Waals surface area contributed by atoms with Gasteiger partial charge in [-0.15, -0.1) is 0 Å². The van der Waals surface area contributed by atoms with E-state index in [4.69, 9.17) is 14.2 Å². The third-order valence-corrected chi connectivity index (χ3v) is 15.6. The molecule has 0 bridgehead atoms. The summed E-state index contributed by atoms with van der Waals surface area (Å²) in [7, 11) is 0. The van der Waals surface area contributed by atoms with Crippen LogP contribution in [0.1, 0.15) is 355 Å². The fourth-order valence-corrected chi connectivity index (χ4v) is 10.2. The monoisotopic (exact) mass is 1160 g/mol. The molecule has 0 saturated carbocycles. The van der Waals surface area contributed by atoms with E-state index in [1.165, 1.54) is 205 Å². The number of unbranched alkanes of at least 4 members (excludes halogenated alkanes) is 38. The maximum absolute atomic E-state index is 12.9. The molecule has 0 rings (SSSR count). The van der Waals surface area contributed by atoms with E-state index in [1.807, 2.05) is 0 Å². The van der Waals surface area contributed by atoms with E-state index in [0.29, 0.717) is 19.3 Å². The number of rotatable bonds is 65. The van der Waals surface area contributed by atoms with Gasteiger partial charge in [0, 0.05) is 19.3 Å². The van der Waals surface area contributed by atoms with Crippen molar-refractivity contribution in [1.29, 1.82) is 0 Å². The van der Waals surface area contributed by atoms with Gasteiger partial charge in [-0.3, -0.25) is 14.4 Å². The van der Waals surface area contributed by atoms with E-state index < -0.39 is 6.10 Å². The van der Waals surface area contributed by atoms with E-state index in [0.717, 1.165) is 109 Å². The summed E-state index contributed by atoms with van der Waals surface area (Å²) in [6.07, 6.45) is 96.4. The van der Waals surface area contributed by atoms with Crippen LogP contribution >= 0.6 is 0 Å². The Morgan fingerprint density at radius 1 is 0.253 bits per heavy atom. The lowest BCUT2D eigenvalue weighted by molar-refractivity contribution is -0.167. The molecule has 0 saturated heterocycles. The average Bonchev–Trinajstić information content (AvgIpc) is 3.48. The Morgan fingerprint density at radius 3 is 0.735 bits per heavy atom. The zero-order valence-electron chi connectivity index (χ0n) is 54.9. The van der Waals surface area contributed by atoms with Crippen molar-refractivity contribution in [3.8, 4) is 0 Å². The molecule has 6 nitrogen and oxygen atoms in total. The molecule has 478 valence electrons. The Kier molecular flexibility index (Phi) is 67.7. The molecule has 0 aliphatic heterocycles. The Bertz CT molecular complexity index is 1610. The van der Waals surface area contributed by atoms with E-state index >= 15 is 0 Å². The van der Waals surface area contributed by atoms with Crippen LogP contribution in [0.2, 0.25) is 0 Å². The van der Waals surface area contributed by atoms with Gasteiger partial charge in [0.2, 0.25) is 0 Å². The second-order valence-corrected chi connectivity index (χ2v) is 23.8. The van der Waals surface area contributed by atoms with Gasteiger partial charge in [0.15, 0.2) is 6.10 Å². The molecule has 0 aromatic carbocycles. The summed E-state index contributed by atoms with van der Waals surface area (Å²) in [5.41, 5.74) is 0. The molecule has 0 aromatic rings. The van der Waals surface area contributed by atoms with Gasteiger partial charge >= 0.3 is 17.9 Å². The first-order chi connectivity index (χ1) is 41.0. The molecule has 1 atom stereocenters. The normalized spacial score (nSPS) is 12.7. The maximum atomic E-state index is 12.9. The predicted molar refractivity (Wildman–Crippen MR) is 362 cm³/mol. The van der Waals surface area contributed by atoms with Gasteiger partial charge in [0.1, 0.15) is 13.2 Å². The van der Waals surface area contributed by atoms with Crippen LogP contribution in [-0.4, -0.2) is 37.2 Å². The molecule has 0 N–H and O–H groups in total. The standard InChI is InChI=1S/C77H134O6/c1-4-7-10-13-15-17-19-21-23-25-27-29-31-33-35-37-38-40-41-43-45-47-49-51-53-55-57-59-61-64-67-70-76(79)82-73-74(72-81-75(78)69-66-63-12-9-6-3)83-77(80)71-68-65-62-60-58-56-54-52-50-48-46-44-42-39-36-34-32-30-28-26-24-22-20-18-16-14-11-8-5-2/h8,11,16,18-19,21-22,24-25,27-28,30,34,36,42,44,74H,4-7,9-10,12-15,17,20,23,26,29,31-33,35,37-41,43,45-73H2,1-3H3/b11-8-,18-16-,21-19-,24-22-,27-25-,30-28-,36-34-,44-42-. The Morgan fingerprint density at radius 2 is 0.470 bits per heavy atom. The van der Waals surface area contributed by atoms with Gasteiger partial charge in [-0.25, -0.2) is 0 Å². The zero-order chi connectivity index (χ0) is 59.9. The topological polar surface area (TPSA) is 78.9 Å². The second-order valence-electron chi connectivity index (χ2n) is 23.8. The molecular formula is C77H134O6. The fraction of sp³-hybridized carbons (Fsp3) is 0.753. The molecule has 0 aliphatic carbocycles. The number of carbonyl (C=O) groups is 3. The third-order valence-electron chi connectivity index (χ3n) is 15.6. The number of ether oxygens (including phenoxy) is 3. The average molecular weight is 1160 g/mol. The quantitative estimate of drug-likeness (QED) is 0.0261. The van der Waals surface area contributed by atoms with Crippen LogP contribution in [0.5, 0.6) is 0 Å². The van der Waals surface area contributed by atoms with Crippen molar-refractivity contribution in [3.05, 3.63) is 97.2 Å².